The molecule has 0 bridgehead atoms. The van der Waals surface area contributed by atoms with Crippen molar-refractivity contribution in [2.75, 3.05) is 0 Å². The van der Waals surface area contributed by atoms with Crippen LogP contribution in [0.1, 0.15) is 0 Å². The first-order chi connectivity index (χ1) is 28.2. The molecule has 0 radical (unpaired) electrons. The molecule has 0 saturated carbocycles. The van der Waals surface area contributed by atoms with Gasteiger partial charge in [0, 0.05) is 64.5 Å². The molecular formula is C52H31N3OS. The van der Waals surface area contributed by atoms with Crippen molar-refractivity contribution in [1.29, 1.82) is 0 Å². The molecule has 12 aromatic rings. The summed E-state index contributed by atoms with van der Waals surface area (Å²) in [7, 11) is 0. The first-order valence-corrected chi connectivity index (χ1v) is 20.0. The SMILES string of the molecule is c1ccc(-c2nc(-c3ccc4c(c3)oc3ccccc34)cc(-n3c4ccccc4c4cccc(-c5cccc(-c6cccc7c6sc6ccccc67)c5)c43)n2)cc1. The zero-order valence-electron chi connectivity index (χ0n) is 30.6. The van der Waals surface area contributed by atoms with Gasteiger partial charge in [0.25, 0.3) is 0 Å². The average molecular weight is 746 g/mol. The van der Waals surface area contributed by atoms with Crippen molar-refractivity contribution in [3.63, 3.8) is 0 Å². The fraction of sp³-hybridized carbons (Fsp3) is 0. The van der Waals surface area contributed by atoms with E-state index >= 15 is 0 Å². The number of benzene rings is 8. The number of nitrogens with zero attached hydrogens (tertiary/aromatic N) is 3. The lowest BCUT2D eigenvalue weighted by molar-refractivity contribution is 0.669. The fourth-order valence-corrected chi connectivity index (χ4v) is 9.85. The van der Waals surface area contributed by atoms with E-state index in [-0.39, 0.29) is 0 Å². The van der Waals surface area contributed by atoms with Crippen LogP contribution in [0.15, 0.2) is 192 Å². The number of para-hydroxylation sites is 3. The molecule has 5 heteroatoms. The van der Waals surface area contributed by atoms with Gasteiger partial charge in [-0.15, -0.1) is 11.3 Å². The van der Waals surface area contributed by atoms with Crippen LogP contribution in [0.4, 0.5) is 0 Å². The third-order valence-corrected chi connectivity index (χ3v) is 12.5. The van der Waals surface area contributed by atoms with E-state index in [1.165, 1.54) is 42.1 Å². The Kier molecular flexibility index (Phi) is 7.06. The zero-order chi connectivity index (χ0) is 37.5. The molecule has 4 aromatic heterocycles. The van der Waals surface area contributed by atoms with Gasteiger partial charge < -0.3 is 4.42 Å². The molecule has 0 spiro atoms. The van der Waals surface area contributed by atoms with Crippen molar-refractivity contribution >= 4 is 75.3 Å². The second-order valence-electron chi connectivity index (χ2n) is 14.5. The second-order valence-corrected chi connectivity index (χ2v) is 15.6. The molecule has 0 atom stereocenters. The first kappa shape index (κ1) is 32.0. The Labute approximate surface area is 331 Å². The molecule has 12 rings (SSSR count). The van der Waals surface area contributed by atoms with Crippen LogP contribution in [0.2, 0.25) is 0 Å². The summed E-state index contributed by atoms with van der Waals surface area (Å²) < 4.78 is 11.3. The molecule has 266 valence electrons. The maximum absolute atomic E-state index is 6.34. The highest BCUT2D eigenvalue weighted by atomic mass is 32.1. The van der Waals surface area contributed by atoms with Gasteiger partial charge in [-0.1, -0.05) is 146 Å². The van der Waals surface area contributed by atoms with E-state index in [1.54, 1.807) is 0 Å². The lowest BCUT2D eigenvalue weighted by atomic mass is 9.96. The Morgan fingerprint density at radius 2 is 1.09 bits per heavy atom. The van der Waals surface area contributed by atoms with Crippen LogP contribution in [-0.2, 0) is 0 Å². The third-order valence-electron chi connectivity index (χ3n) is 11.2. The van der Waals surface area contributed by atoms with Gasteiger partial charge in [0.2, 0.25) is 0 Å². The highest BCUT2D eigenvalue weighted by Crippen LogP contribution is 2.43. The number of rotatable bonds is 5. The first-order valence-electron chi connectivity index (χ1n) is 19.1. The highest BCUT2D eigenvalue weighted by Gasteiger charge is 2.20. The van der Waals surface area contributed by atoms with Crippen molar-refractivity contribution in [2.45, 2.75) is 0 Å². The molecule has 0 amide bonds. The van der Waals surface area contributed by atoms with Gasteiger partial charge in [-0.2, -0.15) is 0 Å². The predicted molar refractivity (Wildman–Crippen MR) is 238 cm³/mol. The maximum atomic E-state index is 6.34. The van der Waals surface area contributed by atoms with Gasteiger partial charge in [0.15, 0.2) is 5.82 Å². The summed E-state index contributed by atoms with van der Waals surface area (Å²) in [5.41, 5.74) is 11.4. The van der Waals surface area contributed by atoms with E-state index in [4.69, 9.17) is 14.4 Å². The van der Waals surface area contributed by atoms with Crippen molar-refractivity contribution in [3.8, 4) is 50.7 Å². The molecule has 0 aliphatic rings. The number of aromatic nitrogens is 3. The van der Waals surface area contributed by atoms with Gasteiger partial charge in [-0.25, -0.2) is 9.97 Å². The summed E-state index contributed by atoms with van der Waals surface area (Å²) in [6, 6.07) is 66.6. The maximum Gasteiger partial charge on any atom is 0.162 e. The fourth-order valence-electron chi connectivity index (χ4n) is 8.62. The Bertz CT molecular complexity index is 3540. The zero-order valence-corrected chi connectivity index (χ0v) is 31.4. The van der Waals surface area contributed by atoms with Gasteiger partial charge in [-0.05, 0) is 53.1 Å². The minimum atomic E-state index is 0.662. The van der Waals surface area contributed by atoms with Crippen molar-refractivity contribution in [1.82, 2.24) is 14.5 Å². The number of hydrogen-bond acceptors (Lipinski definition) is 4. The van der Waals surface area contributed by atoms with Crippen molar-refractivity contribution < 1.29 is 4.42 Å². The largest absolute Gasteiger partial charge is 0.456 e. The summed E-state index contributed by atoms with van der Waals surface area (Å²) in [6.45, 7) is 0. The van der Waals surface area contributed by atoms with Crippen LogP contribution in [0.25, 0.3) is 115 Å². The Balaban J connectivity index is 1.09. The van der Waals surface area contributed by atoms with E-state index in [0.29, 0.717) is 5.82 Å². The molecule has 0 aliphatic carbocycles. The lowest BCUT2D eigenvalue weighted by Gasteiger charge is -2.14. The van der Waals surface area contributed by atoms with Crippen LogP contribution in [-0.4, -0.2) is 14.5 Å². The molecule has 0 N–H and O–H groups in total. The Hall–Kier alpha value is -7.34. The molecule has 8 aromatic carbocycles. The number of fused-ring (bicyclic) bond motifs is 9. The number of thiophene rings is 1. The van der Waals surface area contributed by atoms with Crippen molar-refractivity contribution in [2.24, 2.45) is 0 Å². The van der Waals surface area contributed by atoms with Gasteiger partial charge in [0.05, 0.1) is 16.7 Å². The smallest absolute Gasteiger partial charge is 0.162 e. The molecule has 0 fully saturated rings. The molecular weight excluding hydrogens is 715 g/mol. The van der Waals surface area contributed by atoms with Crippen LogP contribution in [0, 0.1) is 0 Å². The van der Waals surface area contributed by atoms with Crippen LogP contribution in [0.3, 0.4) is 0 Å². The quantitative estimate of drug-likeness (QED) is 0.176. The lowest BCUT2D eigenvalue weighted by Crippen LogP contribution is -2.03. The van der Waals surface area contributed by atoms with E-state index in [0.717, 1.165) is 66.7 Å². The minimum absolute atomic E-state index is 0.662. The average Bonchev–Trinajstić information content (AvgIpc) is 3.96. The summed E-state index contributed by atoms with van der Waals surface area (Å²) in [6.07, 6.45) is 0. The van der Waals surface area contributed by atoms with E-state index < -0.39 is 0 Å². The van der Waals surface area contributed by atoms with Crippen LogP contribution < -0.4 is 0 Å². The summed E-state index contributed by atoms with van der Waals surface area (Å²) in [5, 5.41) is 7.14. The molecule has 0 unspecified atom stereocenters. The monoisotopic (exact) mass is 745 g/mol. The molecule has 0 saturated heterocycles. The van der Waals surface area contributed by atoms with Crippen molar-refractivity contribution in [3.05, 3.63) is 188 Å². The highest BCUT2D eigenvalue weighted by molar-refractivity contribution is 7.26. The topological polar surface area (TPSA) is 43.9 Å². The van der Waals surface area contributed by atoms with Gasteiger partial charge in [-0.3, -0.25) is 4.57 Å². The summed E-state index contributed by atoms with van der Waals surface area (Å²) >= 11 is 1.87. The minimum Gasteiger partial charge on any atom is -0.456 e. The number of hydrogen-bond donors (Lipinski definition) is 0. The van der Waals surface area contributed by atoms with E-state index in [9.17, 15) is 0 Å². The van der Waals surface area contributed by atoms with Crippen LogP contribution in [0.5, 0.6) is 0 Å². The predicted octanol–water partition coefficient (Wildman–Crippen LogP) is 14.5. The Morgan fingerprint density at radius 1 is 0.421 bits per heavy atom. The summed E-state index contributed by atoms with van der Waals surface area (Å²) in [4.78, 5) is 10.6. The summed E-state index contributed by atoms with van der Waals surface area (Å²) in [5.74, 6) is 1.46. The number of furan rings is 1. The molecule has 4 nitrogen and oxygen atoms in total. The van der Waals surface area contributed by atoms with E-state index in [2.05, 4.69) is 162 Å². The normalized spacial score (nSPS) is 11.9. The van der Waals surface area contributed by atoms with Gasteiger partial charge >= 0.3 is 0 Å². The molecule has 0 aliphatic heterocycles. The third kappa shape index (κ3) is 5.06. The Morgan fingerprint density at radius 3 is 1.98 bits per heavy atom. The standard InChI is InChI=1S/C52H31N3OS/c1-2-13-32(14-3-1)52-53-44(35-27-28-40-39-18-5-8-25-46(39)56-47(40)30-35)31-49(54-52)55-45-24-7-4-17-38(45)42-22-11-20-36(50(42)55)33-15-10-16-34(29-33)37-21-12-23-43-41-19-6-9-26-48(41)57-51(37)43/h1-31H. The van der Waals surface area contributed by atoms with E-state index in [1.807, 2.05) is 41.7 Å². The molecule has 57 heavy (non-hydrogen) atoms. The molecule has 4 heterocycles. The van der Waals surface area contributed by atoms with Crippen LogP contribution >= 0.6 is 11.3 Å². The second kappa shape index (κ2) is 12.6. The van der Waals surface area contributed by atoms with Gasteiger partial charge in [0.1, 0.15) is 17.0 Å².